The summed E-state index contributed by atoms with van der Waals surface area (Å²) in [5, 5.41) is 11.4. The van der Waals surface area contributed by atoms with Gasteiger partial charge >= 0.3 is 0 Å². The first-order chi connectivity index (χ1) is 12.2. The smallest absolute Gasteiger partial charge is 0.254 e. The topological polar surface area (TPSA) is 62.2 Å². The van der Waals surface area contributed by atoms with Crippen molar-refractivity contribution in [1.82, 2.24) is 25.3 Å². The third kappa shape index (κ3) is 4.39. The number of benzene rings is 1. The van der Waals surface area contributed by atoms with E-state index in [0.717, 1.165) is 44.1 Å². The lowest BCUT2D eigenvalue weighted by atomic mass is 10.2. The van der Waals surface area contributed by atoms with E-state index in [4.69, 9.17) is 11.6 Å². The van der Waals surface area contributed by atoms with Crippen LogP contribution >= 0.6 is 11.6 Å². The van der Waals surface area contributed by atoms with Crippen LogP contribution in [0.15, 0.2) is 30.5 Å². The molecule has 0 atom stereocenters. The van der Waals surface area contributed by atoms with E-state index in [9.17, 15) is 4.79 Å². The monoisotopic (exact) mass is 361 g/mol. The summed E-state index contributed by atoms with van der Waals surface area (Å²) in [7, 11) is 0. The molecule has 3 rings (SSSR count). The van der Waals surface area contributed by atoms with Gasteiger partial charge in [-0.2, -0.15) is 5.10 Å². The zero-order valence-electron chi connectivity index (χ0n) is 14.5. The second-order valence-corrected chi connectivity index (χ2v) is 6.53. The Bertz CT molecular complexity index is 724. The minimum absolute atomic E-state index is 0.0692. The molecular weight excluding hydrogens is 338 g/mol. The average molecular weight is 362 g/mol. The second-order valence-electron chi connectivity index (χ2n) is 6.10. The summed E-state index contributed by atoms with van der Waals surface area (Å²) in [5.41, 5.74) is 2.38. The third-order valence-electron chi connectivity index (χ3n) is 4.42. The van der Waals surface area contributed by atoms with Gasteiger partial charge in [0, 0.05) is 44.3 Å². The number of nitrogens with one attached hydrogen (secondary N) is 2. The predicted octanol–water partition coefficient (Wildman–Crippen LogP) is 1.72. The van der Waals surface area contributed by atoms with Gasteiger partial charge < -0.3 is 10.6 Å². The first-order valence-electron chi connectivity index (χ1n) is 8.73. The van der Waals surface area contributed by atoms with Crippen molar-refractivity contribution in [2.45, 2.75) is 13.3 Å². The van der Waals surface area contributed by atoms with Gasteiger partial charge in [-0.15, -0.1) is 0 Å². The van der Waals surface area contributed by atoms with Crippen molar-refractivity contribution in [3.05, 3.63) is 46.7 Å². The Morgan fingerprint density at radius 2 is 2.16 bits per heavy atom. The molecule has 1 aromatic heterocycles. The van der Waals surface area contributed by atoms with Gasteiger partial charge in [-0.25, -0.2) is 4.68 Å². The molecule has 1 aliphatic heterocycles. The van der Waals surface area contributed by atoms with E-state index < -0.39 is 0 Å². The van der Waals surface area contributed by atoms with E-state index in [0.29, 0.717) is 23.6 Å². The lowest BCUT2D eigenvalue weighted by Gasteiger charge is -2.27. The van der Waals surface area contributed by atoms with E-state index >= 15 is 0 Å². The van der Waals surface area contributed by atoms with Gasteiger partial charge in [0.05, 0.1) is 23.1 Å². The third-order valence-corrected chi connectivity index (χ3v) is 4.66. The van der Waals surface area contributed by atoms with Crippen LogP contribution in [0.3, 0.4) is 0 Å². The van der Waals surface area contributed by atoms with E-state index in [1.54, 1.807) is 10.9 Å². The molecule has 0 unspecified atom stereocenters. The zero-order valence-corrected chi connectivity index (χ0v) is 15.2. The number of hydrogen-bond acceptors (Lipinski definition) is 4. The highest BCUT2D eigenvalue weighted by atomic mass is 35.5. The van der Waals surface area contributed by atoms with Crippen LogP contribution in [0.25, 0.3) is 5.69 Å². The highest BCUT2D eigenvalue weighted by Crippen LogP contribution is 2.19. The van der Waals surface area contributed by atoms with Crippen LogP contribution in [0.5, 0.6) is 0 Å². The molecule has 1 amide bonds. The van der Waals surface area contributed by atoms with Crippen molar-refractivity contribution in [2.75, 3.05) is 39.3 Å². The fourth-order valence-corrected chi connectivity index (χ4v) is 3.28. The minimum atomic E-state index is -0.0692. The van der Waals surface area contributed by atoms with E-state index in [2.05, 4.69) is 20.6 Å². The molecule has 134 valence electrons. The molecule has 0 bridgehead atoms. The highest BCUT2D eigenvalue weighted by Gasteiger charge is 2.17. The molecule has 6 nitrogen and oxygen atoms in total. The average Bonchev–Trinajstić information content (AvgIpc) is 3.06. The van der Waals surface area contributed by atoms with Crippen LogP contribution < -0.4 is 10.6 Å². The molecule has 1 fully saturated rings. The molecule has 7 heteroatoms. The van der Waals surface area contributed by atoms with Crippen LogP contribution in [0, 0.1) is 0 Å². The highest BCUT2D eigenvalue weighted by molar-refractivity contribution is 6.30. The minimum Gasteiger partial charge on any atom is -0.351 e. The Morgan fingerprint density at radius 1 is 1.36 bits per heavy atom. The summed E-state index contributed by atoms with van der Waals surface area (Å²) < 4.78 is 1.79. The second kappa shape index (κ2) is 8.47. The standard InChI is InChI=1S/C18H24ClN5O/c1-2-17-16(13-22-24(17)15-5-3-4-14(19)12-15)18(25)21-8-11-23-9-6-20-7-10-23/h3-5,12-13,20H,2,6-11H2,1H3,(H,21,25). The van der Waals surface area contributed by atoms with Gasteiger partial charge in [0.1, 0.15) is 0 Å². The molecule has 0 spiro atoms. The summed E-state index contributed by atoms with van der Waals surface area (Å²) in [6.45, 7) is 7.63. The molecule has 0 saturated carbocycles. The summed E-state index contributed by atoms with van der Waals surface area (Å²) in [6.07, 6.45) is 2.35. The number of carbonyl (C=O) groups excluding carboxylic acids is 1. The summed E-state index contributed by atoms with van der Waals surface area (Å²) >= 11 is 6.07. The molecule has 2 aromatic rings. The lowest BCUT2D eigenvalue weighted by Crippen LogP contribution is -2.46. The molecule has 0 radical (unpaired) electrons. The Kier molecular flexibility index (Phi) is 6.07. The largest absolute Gasteiger partial charge is 0.351 e. The maximum atomic E-state index is 12.6. The summed E-state index contributed by atoms with van der Waals surface area (Å²) in [6, 6.07) is 7.49. The zero-order chi connectivity index (χ0) is 17.6. The van der Waals surface area contributed by atoms with E-state index in [-0.39, 0.29) is 5.91 Å². The molecule has 1 aromatic carbocycles. The molecule has 2 heterocycles. The van der Waals surface area contributed by atoms with Gasteiger partial charge in [-0.3, -0.25) is 9.69 Å². The van der Waals surface area contributed by atoms with Gasteiger partial charge in [0.15, 0.2) is 0 Å². The van der Waals surface area contributed by atoms with Crippen LogP contribution in [-0.4, -0.2) is 59.9 Å². The molecule has 25 heavy (non-hydrogen) atoms. The molecule has 1 saturated heterocycles. The van der Waals surface area contributed by atoms with Gasteiger partial charge in [-0.1, -0.05) is 24.6 Å². The van der Waals surface area contributed by atoms with E-state index in [1.165, 1.54) is 0 Å². The molecule has 1 aliphatic rings. The Morgan fingerprint density at radius 3 is 2.88 bits per heavy atom. The number of amides is 1. The van der Waals surface area contributed by atoms with Crippen LogP contribution in [-0.2, 0) is 6.42 Å². The Balaban J connectivity index is 1.66. The molecule has 0 aliphatic carbocycles. The van der Waals surface area contributed by atoms with Crippen molar-refractivity contribution >= 4 is 17.5 Å². The first kappa shape index (κ1) is 17.9. The van der Waals surface area contributed by atoms with Crippen LogP contribution in [0.4, 0.5) is 0 Å². The van der Waals surface area contributed by atoms with Gasteiger partial charge in [0.25, 0.3) is 5.91 Å². The van der Waals surface area contributed by atoms with Crippen molar-refractivity contribution in [3.8, 4) is 5.69 Å². The Hall–Kier alpha value is -1.89. The normalized spacial score (nSPS) is 15.3. The number of hydrogen-bond donors (Lipinski definition) is 2. The fourth-order valence-electron chi connectivity index (χ4n) is 3.09. The summed E-state index contributed by atoms with van der Waals surface area (Å²) in [4.78, 5) is 14.9. The van der Waals surface area contributed by atoms with Crippen molar-refractivity contribution in [1.29, 1.82) is 0 Å². The fraction of sp³-hybridized carbons (Fsp3) is 0.444. The van der Waals surface area contributed by atoms with Crippen molar-refractivity contribution in [3.63, 3.8) is 0 Å². The quantitative estimate of drug-likeness (QED) is 0.822. The maximum Gasteiger partial charge on any atom is 0.254 e. The van der Waals surface area contributed by atoms with Gasteiger partial charge in [-0.05, 0) is 24.6 Å². The SMILES string of the molecule is CCc1c(C(=O)NCCN2CCNCC2)cnn1-c1cccc(Cl)c1. The molecular formula is C18H24ClN5O. The first-order valence-corrected chi connectivity index (χ1v) is 9.11. The Labute approximate surface area is 153 Å². The lowest BCUT2D eigenvalue weighted by molar-refractivity contribution is 0.0946. The summed E-state index contributed by atoms with van der Waals surface area (Å²) in [5.74, 6) is -0.0692. The van der Waals surface area contributed by atoms with Crippen molar-refractivity contribution in [2.24, 2.45) is 0 Å². The predicted molar refractivity (Wildman–Crippen MR) is 99.6 cm³/mol. The van der Waals surface area contributed by atoms with Crippen LogP contribution in [0.1, 0.15) is 23.0 Å². The number of aromatic nitrogens is 2. The number of nitrogens with zero attached hydrogens (tertiary/aromatic N) is 3. The number of carbonyl (C=O) groups is 1. The van der Waals surface area contributed by atoms with E-state index in [1.807, 2.05) is 31.2 Å². The van der Waals surface area contributed by atoms with Crippen molar-refractivity contribution < 1.29 is 4.79 Å². The maximum absolute atomic E-state index is 12.6. The number of halogens is 1. The number of piperazine rings is 1. The van der Waals surface area contributed by atoms with Crippen LogP contribution in [0.2, 0.25) is 5.02 Å². The molecule has 2 N–H and O–H groups in total. The number of rotatable bonds is 6. The van der Waals surface area contributed by atoms with Gasteiger partial charge in [0.2, 0.25) is 0 Å².